The van der Waals surface area contributed by atoms with Crippen molar-refractivity contribution in [3.05, 3.63) is 29.8 Å². The second-order valence-electron chi connectivity index (χ2n) is 5.38. The molecule has 1 fully saturated rings. The molecule has 3 N–H and O–H groups in total. The highest BCUT2D eigenvalue weighted by atomic mass is 32.2. The van der Waals surface area contributed by atoms with E-state index in [4.69, 9.17) is 0 Å². The maximum absolute atomic E-state index is 13.1. The highest BCUT2D eigenvalue weighted by molar-refractivity contribution is 7.99. The number of nitrogens with zero attached hydrogens (tertiary/aromatic N) is 1. The summed E-state index contributed by atoms with van der Waals surface area (Å²) in [4.78, 5) is 19.3. The van der Waals surface area contributed by atoms with Crippen molar-refractivity contribution < 1.29 is 9.18 Å². The molecule has 7 heteroatoms. The monoisotopic (exact) mass is 322 g/mol. The average molecular weight is 322 g/mol. The Morgan fingerprint density at radius 3 is 3.23 bits per heavy atom. The van der Waals surface area contributed by atoms with E-state index in [0.717, 1.165) is 29.4 Å². The van der Waals surface area contributed by atoms with Gasteiger partial charge < -0.3 is 15.6 Å². The molecular weight excluding hydrogens is 303 g/mol. The fourth-order valence-electron chi connectivity index (χ4n) is 2.52. The number of amides is 1. The maximum Gasteiger partial charge on any atom is 0.221 e. The second kappa shape index (κ2) is 7.11. The number of carbonyl (C=O) groups excluding carboxylic acids is 1. The van der Waals surface area contributed by atoms with Gasteiger partial charge in [0.2, 0.25) is 5.91 Å². The molecular formula is C15H19FN4OS. The lowest BCUT2D eigenvalue weighted by Gasteiger charge is -2.22. The molecule has 0 saturated carbocycles. The van der Waals surface area contributed by atoms with Crippen LogP contribution in [0.25, 0.3) is 11.0 Å². The van der Waals surface area contributed by atoms with E-state index >= 15 is 0 Å². The molecule has 2 heterocycles. The largest absolute Gasteiger partial charge is 0.356 e. The molecule has 0 bridgehead atoms. The van der Waals surface area contributed by atoms with Crippen LogP contribution in [-0.4, -0.2) is 46.5 Å². The van der Waals surface area contributed by atoms with E-state index in [-0.39, 0.29) is 17.8 Å². The molecule has 0 aliphatic carbocycles. The zero-order chi connectivity index (χ0) is 15.4. The fourth-order valence-corrected chi connectivity index (χ4v) is 3.47. The molecule has 1 saturated heterocycles. The summed E-state index contributed by atoms with van der Waals surface area (Å²) in [5.74, 6) is 2.64. The van der Waals surface area contributed by atoms with Gasteiger partial charge in [0.15, 0.2) is 0 Å². The SMILES string of the molecule is O=C(CC1CSCCN1)NCCc1nc2ccc(F)cc2[nH]1. The first-order chi connectivity index (χ1) is 10.7. The highest BCUT2D eigenvalue weighted by Crippen LogP contribution is 2.13. The number of benzene rings is 1. The van der Waals surface area contributed by atoms with Gasteiger partial charge in [-0.15, -0.1) is 0 Å². The van der Waals surface area contributed by atoms with Crippen molar-refractivity contribution in [2.75, 3.05) is 24.6 Å². The number of imidazole rings is 1. The van der Waals surface area contributed by atoms with Crippen molar-refractivity contribution in [2.24, 2.45) is 0 Å². The minimum Gasteiger partial charge on any atom is -0.356 e. The summed E-state index contributed by atoms with van der Waals surface area (Å²) in [6.07, 6.45) is 1.12. The van der Waals surface area contributed by atoms with Crippen molar-refractivity contribution in [3.8, 4) is 0 Å². The number of aromatic nitrogens is 2. The predicted octanol–water partition coefficient (Wildman–Crippen LogP) is 1.46. The molecule has 22 heavy (non-hydrogen) atoms. The van der Waals surface area contributed by atoms with Crippen molar-refractivity contribution in [1.82, 2.24) is 20.6 Å². The van der Waals surface area contributed by atoms with E-state index in [9.17, 15) is 9.18 Å². The average Bonchev–Trinajstić information content (AvgIpc) is 2.90. The van der Waals surface area contributed by atoms with Crippen LogP contribution in [0, 0.1) is 5.82 Å². The number of rotatable bonds is 5. The van der Waals surface area contributed by atoms with Crippen LogP contribution in [0.5, 0.6) is 0 Å². The van der Waals surface area contributed by atoms with Crippen LogP contribution in [0.15, 0.2) is 18.2 Å². The van der Waals surface area contributed by atoms with E-state index in [2.05, 4.69) is 20.6 Å². The summed E-state index contributed by atoms with van der Waals surface area (Å²) < 4.78 is 13.1. The summed E-state index contributed by atoms with van der Waals surface area (Å²) in [5, 5.41) is 6.26. The number of H-pyrrole nitrogens is 1. The summed E-state index contributed by atoms with van der Waals surface area (Å²) in [6, 6.07) is 4.74. The number of aromatic amines is 1. The Kier molecular flexibility index (Phi) is 4.94. The Labute approximate surface area is 132 Å². The highest BCUT2D eigenvalue weighted by Gasteiger charge is 2.16. The quantitative estimate of drug-likeness (QED) is 0.779. The number of fused-ring (bicyclic) bond motifs is 1. The first kappa shape index (κ1) is 15.3. The lowest BCUT2D eigenvalue weighted by molar-refractivity contribution is -0.121. The molecule has 0 spiro atoms. The first-order valence-corrected chi connectivity index (χ1v) is 8.58. The van der Waals surface area contributed by atoms with Gasteiger partial charge in [0.1, 0.15) is 11.6 Å². The molecule has 1 aromatic carbocycles. The second-order valence-corrected chi connectivity index (χ2v) is 6.52. The van der Waals surface area contributed by atoms with Crippen molar-refractivity contribution in [2.45, 2.75) is 18.9 Å². The zero-order valence-corrected chi connectivity index (χ0v) is 13.0. The van der Waals surface area contributed by atoms with Gasteiger partial charge in [-0.05, 0) is 18.2 Å². The van der Waals surface area contributed by atoms with Gasteiger partial charge in [-0.1, -0.05) is 0 Å². The minimum absolute atomic E-state index is 0.0576. The van der Waals surface area contributed by atoms with Gasteiger partial charge in [-0.3, -0.25) is 4.79 Å². The molecule has 2 aromatic rings. The molecule has 1 aliphatic heterocycles. The topological polar surface area (TPSA) is 69.8 Å². The third kappa shape index (κ3) is 3.98. The van der Waals surface area contributed by atoms with Gasteiger partial charge in [0.05, 0.1) is 11.0 Å². The molecule has 1 unspecified atom stereocenters. The normalized spacial score (nSPS) is 18.5. The van der Waals surface area contributed by atoms with Crippen LogP contribution in [-0.2, 0) is 11.2 Å². The van der Waals surface area contributed by atoms with Crippen LogP contribution >= 0.6 is 11.8 Å². The van der Waals surface area contributed by atoms with Crippen LogP contribution in [0.2, 0.25) is 0 Å². The van der Waals surface area contributed by atoms with Crippen molar-refractivity contribution in [1.29, 1.82) is 0 Å². The van der Waals surface area contributed by atoms with E-state index in [1.54, 1.807) is 6.07 Å². The summed E-state index contributed by atoms with van der Waals surface area (Å²) >= 11 is 1.88. The van der Waals surface area contributed by atoms with Crippen LogP contribution < -0.4 is 10.6 Å². The third-order valence-electron chi connectivity index (χ3n) is 3.61. The van der Waals surface area contributed by atoms with E-state index < -0.39 is 0 Å². The molecule has 1 aliphatic rings. The van der Waals surface area contributed by atoms with Gasteiger partial charge in [0, 0.05) is 43.5 Å². The molecule has 5 nitrogen and oxygen atoms in total. The smallest absolute Gasteiger partial charge is 0.221 e. The summed E-state index contributed by atoms with van der Waals surface area (Å²) in [5.41, 5.74) is 1.43. The number of hydrogen-bond donors (Lipinski definition) is 3. The van der Waals surface area contributed by atoms with Crippen LogP contribution in [0.1, 0.15) is 12.2 Å². The Morgan fingerprint density at radius 2 is 2.41 bits per heavy atom. The van der Waals surface area contributed by atoms with Gasteiger partial charge in [0.25, 0.3) is 0 Å². The van der Waals surface area contributed by atoms with E-state index in [0.29, 0.717) is 24.9 Å². The Bertz CT molecular complexity index is 654. The molecule has 1 amide bonds. The van der Waals surface area contributed by atoms with E-state index in [1.165, 1.54) is 12.1 Å². The summed E-state index contributed by atoms with van der Waals surface area (Å²) in [6.45, 7) is 1.50. The van der Waals surface area contributed by atoms with Crippen molar-refractivity contribution in [3.63, 3.8) is 0 Å². The van der Waals surface area contributed by atoms with Gasteiger partial charge in [-0.2, -0.15) is 11.8 Å². The van der Waals surface area contributed by atoms with Gasteiger partial charge in [-0.25, -0.2) is 9.37 Å². The number of hydrogen-bond acceptors (Lipinski definition) is 4. The lowest BCUT2D eigenvalue weighted by atomic mass is 10.2. The number of carbonyl (C=O) groups is 1. The van der Waals surface area contributed by atoms with Crippen LogP contribution in [0.3, 0.4) is 0 Å². The zero-order valence-electron chi connectivity index (χ0n) is 12.2. The lowest BCUT2D eigenvalue weighted by Crippen LogP contribution is -2.41. The van der Waals surface area contributed by atoms with Gasteiger partial charge >= 0.3 is 0 Å². The molecule has 1 aromatic heterocycles. The number of halogens is 1. The molecule has 1 atom stereocenters. The maximum atomic E-state index is 13.1. The molecule has 0 radical (unpaired) electrons. The standard InChI is InChI=1S/C15H19FN4OS/c16-10-1-2-12-13(7-10)20-14(19-12)3-4-18-15(21)8-11-9-22-6-5-17-11/h1-2,7,11,17H,3-6,8-9H2,(H,18,21)(H,19,20). The Hall–Kier alpha value is -1.60. The van der Waals surface area contributed by atoms with Crippen molar-refractivity contribution >= 4 is 28.7 Å². The molecule has 118 valence electrons. The van der Waals surface area contributed by atoms with E-state index in [1.807, 2.05) is 11.8 Å². The number of nitrogens with one attached hydrogen (secondary N) is 3. The Morgan fingerprint density at radius 1 is 1.50 bits per heavy atom. The fraction of sp³-hybridized carbons (Fsp3) is 0.467. The predicted molar refractivity (Wildman–Crippen MR) is 86.5 cm³/mol. The minimum atomic E-state index is -0.283. The molecule has 3 rings (SSSR count). The Balaban J connectivity index is 1.46. The third-order valence-corrected chi connectivity index (χ3v) is 4.74. The van der Waals surface area contributed by atoms with Crippen LogP contribution in [0.4, 0.5) is 4.39 Å². The first-order valence-electron chi connectivity index (χ1n) is 7.43. The number of thioether (sulfide) groups is 1. The summed E-state index contributed by atoms with van der Waals surface area (Å²) in [7, 11) is 0.